The third-order valence-electron chi connectivity index (χ3n) is 3.43. The quantitative estimate of drug-likeness (QED) is 0.643. The van der Waals surface area contributed by atoms with Crippen LogP contribution in [-0.2, 0) is 9.59 Å². The highest BCUT2D eigenvalue weighted by atomic mass is 35.5. The van der Waals surface area contributed by atoms with E-state index in [0.29, 0.717) is 22.9 Å². The maximum Gasteiger partial charge on any atom is 0.248 e. The average molecular weight is 321 g/mol. The molecule has 1 aliphatic rings. The number of hydrogen-bond acceptors (Lipinski definition) is 4. The van der Waals surface area contributed by atoms with Crippen LogP contribution >= 0.6 is 11.6 Å². The molecule has 0 aliphatic carbocycles. The summed E-state index contributed by atoms with van der Waals surface area (Å²) in [7, 11) is 0. The van der Waals surface area contributed by atoms with E-state index in [1.165, 1.54) is 0 Å². The molecule has 0 fully saturated rings. The molecule has 2 N–H and O–H groups in total. The molecule has 0 saturated heterocycles. The number of rotatable bonds is 5. The molecule has 0 saturated carbocycles. The van der Waals surface area contributed by atoms with Crippen molar-refractivity contribution in [3.05, 3.63) is 34.9 Å². The minimum atomic E-state index is -0.327. The van der Waals surface area contributed by atoms with E-state index in [1.807, 2.05) is 12.1 Å². The fourth-order valence-corrected chi connectivity index (χ4v) is 2.19. The van der Waals surface area contributed by atoms with E-state index < -0.39 is 0 Å². The molecule has 7 heteroatoms. The van der Waals surface area contributed by atoms with Crippen LogP contribution in [0.25, 0.3) is 0 Å². The number of carbonyl (C=O) groups is 2. The number of benzene rings is 1. The lowest BCUT2D eigenvalue weighted by molar-refractivity contribution is -0.123. The fraction of sp³-hybridized carbons (Fsp3) is 0.333. The molecule has 2 rings (SSSR count). The number of halogens is 1. The number of carbonyl (C=O) groups excluding carboxylic acids is 2. The molecule has 1 aliphatic heterocycles. The van der Waals surface area contributed by atoms with Gasteiger partial charge >= 0.3 is 0 Å². The Labute approximate surface area is 133 Å². The summed E-state index contributed by atoms with van der Waals surface area (Å²) < 4.78 is 0. The van der Waals surface area contributed by atoms with Crippen molar-refractivity contribution in [2.45, 2.75) is 26.7 Å². The summed E-state index contributed by atoms with van der Waals surface area (Å²) in [5.41, 5.74) is 7.16. The average Bonchev–Trinajstić information content (AvgIpc) is 2.82. The summed E-state index contributed by atoms with van der Waals surface area (Å²) in [6.07, 6.45) is 0.630. The largest absolute Gasteiger partial charge is 0.273 e. The first-order valence-electron chi connectivity index (χ1n) is 6.90. The van der Waals surface area contributed by atoms with Crippen molar-refractivity contribution in [3.8, 4) is 0 Å². The highest BCUT2D eigenvalue weighted by molar-refractivity contribution is 6.30. The minimum absolute atomic E-state index is 0.161. The molecule has 2 amide bonds. The molecule has 1 aromatic rings. The smallest absolute Gasteiger partial charge is 0.248 e. The monoisotopic (exact) mass is 320 g/mol. The lowest BCUT2D eigenvalue weighted by Gasteiger charge is -2.07. The Morgan fingerprint density at radius 2 is 2.09 bits per heavy atom. The number of hydrogen-bond donors (Lipinski definition) is 2. The first kappa shape index (κ1) is 16.2. The summed E-state index contributed by atoms with van der Waals surface area (Å²) >= 11 is 5.82. The second-order valence-corrected chi connectivity index (χ2v) is 5.50. The zero-order valence-corrected chi connectivity index (χ0v) is 13.1. The van der Waals surface area contributed by atoms with Crippen LogP contribution < -0.4 is 10.9 Å². The summed E-state index contributed by atoms with van der Waals surface area (Å²) in [6.45, 7) is 3.56. The van der Waals surface area contributed by atoms with Crippen LogP contribution in [0.2, 0.25) is 5.02 Å². The van der Waals surface area contributed by atoms with Crippen LogP contribution in [0.15, 0.2) is 34.5 Å². The van der Waals surface area contributed by atoms with Crippen LogP contribution in [0, 0.1) is 5.92 Å². The molecule has 0 bridgehead atoms. The van der Waals surface area contributed by atoms with E-state index in [1.54, 1.807) is 26.0 Å². The molecule has 1 heterocycles. The Morgan fingerprint density at radius 3 is 2.68 bits per heavy atom. The first-order valence-corrected chi connectivity index (χ1v) is 7.28. The van der Waals surface area contributed by atoms with Gasteiger partial charge in [-0.15, -0.1) is 0 Å². The van der Waals surface area contributed by atoms with Gasteiger partial charge in [0.25, 0.3) is 0 Å². The molecule has 0 aromatic heterocycles. The standard InChI is InChI=1S/C15H17ClN4O2/c1-9(11-3-5-12(16)6-4-11)17-19-14(21)8-7-13-10(2)18-20-15(13)22/h3-6,13H,7-8H2,1-2H3,(H,19,21)(H,20,22)/b17-9-. The van der Waals surface area contributed by atoms with E-state index in [0.717, 1.165) is 5.56 Å². The highest BCUT2D eigenvalue weighted by Gasteiger charge is 2.26. The van der Waals surface area contributed by atoms with E-state index in [2.05, 4.69) is 21.1 Å². The van der Waals surface area contributed by atoms with Crippen LogP contribution in [0.3, 0.4) is 0 Å². The highest BCUT2D eigenvalue weighted by Crippen LogP contribution is 2.13. The molecule has 1 unspecified atom stereocenters. The van der Waals surface area contributed by atoms with E-state index in [-0.39, 0.29) is 24.2 Å². The number of nitrogens with one attached hydrogen (secondary N) is 2. The van der Waals surface area contributed by atoms with E-state index in [4.69, 9.17) is 11.6 Å². The topological polar surface area (TPSA) is 82.9 Å². The number of amides is 2. The molecule has 1 aromatic carbocycles. The zero-order valence-electron chi connectivity index (χ0n) is 12.4. The van der Waals surface area contributed by atoms with Crippen LogP contribution in [0.1, 0.15) is 32.3 Å². The van der Waals surface area contributed by atoms with Crippen molar-refractivity contribution < 1.29 is 9.59 Å². The van der Waals surface area contributed by atoms with Crippen LogP contribution in [0.5, 0.6) is 0 Å². The lowest BCUT2D eigenvalue weighted by Crippen LogP contribution is -2.25. The molecule has 0 radical (unpaired) electrons. The Bertz CT molecular complexity index is 637. The van der Waals surface area contributed by atoms with Crippen molar-refractivity contribution in [2.75, 3.05) is 0 Å². The Morgan fingerprint density at radius 1 is 1.41 bits per heavy atom. The SMILES string of the molecule is CC1=NNC(=O)C1CCC(=O)N/N=C(/C)c1ccc(Cl)cc1. The van der Waals surface area contributed by atoms with E-state index >= 15 is 0 Å². The van der Waals surface area contributed by atoms with Crippen molar-refractivity contribution in [2.24, 2.45) is 16.1 Å². The van der Waals surface area contributed by atoms with Gasteiger partial charge in [-0.2, -0.15) is 10.2 Å². The van der Waals surface area contributed by atoms with Gasteiger partial charge in [0.05, 0.1) is 11.6 Å². The van der Waals surface area contributed by atoms with Crippen molar-refractivity contribution in [3.63, 3.8) is 0 Å². The summed E-state index contributed by atoms with van der Waals surface area (Å²) in [5, 5.41) is 8.54. The lowest BCUT2D eigenvalue weighted by atomic mass is 9.99. The molecular formula is C15H17ClN4O2. The minimum Gasteiger partial charge on any atom is -0.273 e. The maximum atomic E-state index is 11.8. The predicted molar refractivity (Wildman–Crippen MR) is 85.8 cm³/mol. The van der Waals surface area contributed by atoms with Gasteiger partial charge in [-0.3, -0.25) is 9.59 Å². The summed E-state index contributed by atoms with van der Waals surface area (Å²) in [6, 6.07) is 7.18. The predicted octanol–water partition coefficient (Wildman–Crippen LogP) is 2.08. The van der Waals surface area contributed by atoms with Crippen molar-refractivity contribution >= 4 is 34.8 Å². The first-order chi connectivity index (χ1) is 10.5. The van der Waals surface area contributed by atoms with Gasteiger partial charge in [-0.25, -0.2) is 10.9 Å². The fourth-order valence-electron chi connectivity index (χ4n) is 2.06. The maximum absolute atomic E-state index is 11.8. The van der Waals surface area contributed by atoms with Crippen molar-refractivity contribution in [1.29, 1.82) is 0 Å². The van der Waals surface area contributed by atoms with Gasteiger partial charge < -0.3 is 0 Å². The second kappa shape index (κ2) is 7.17. The third kappa shape index (κ3) is 4.14. The number of nitrogens with zero attached hydrogens (tertiary/aromatic N) is 2. The molecule has 116 valence electrons. The Hall–Kier alpha value is -2.21. The van der Waals surface area contributed by atoms with Gasteiger partial charge in [0.15, 0.2) is 0 Å². The van der Waals surface area contributed by atoms with Gasteiger partial charge in [0.1, 0.15) is 0 Å². The van der Waals surface area contributed by atoms with Gasteiger partial charge in [-0.1, -0.05) is 23.7 Å². The Kier molecular flexibility index (Phi) is 5.27. The third-order valence-corrected chi connectivity index (χ3v) is 3.69. The van der Waals surface area contributed by atoms with Crippen LogP contribution in [0.4, 0.5) is 0 Å². The molecule has 22 heavy (non-hydrogen) atoms. The molecule has 0 spiro atoms. The van der Waals surface area contributed by atoms with Crippen LogP contribution in [-0.4, -0.2) is 23.2 Å². The van der Waals surface area contributed by atoms with Crippen molar-refractivity contribution in [1.82, 2.24) is 10.9 Å². The molecule has 6 nitrogen and oxygen atoms in total. The number of hydrazone groups is 2. The van der Waals surface area contributed by atoms with Gasteiger partial charge in [0, 0.05) is 17.2 Å². The van der Waals surface area contributed by atoms with Gasteiger partial charge in [-0.05, 0) is 38.0 Å². The Balaban J connectivity index is 1.84. The summed E-state index contributed by atoms with van der Waals surface area (Å²) in [4.78, 5) is 23.3. The second-order valence-electron chi connectivity index (χ2n) is 5.06. The normalized spacial score (nSPS) is 18.0. The zero-order chi connectivity index (χ0) is 16.1. The summed E-state index contributed by atoms with van der Waals surface area (Å²) in [5.74, 6) is -0.723. The van der Waals surface area contributed by atoms with Gasteiger partial charge in [0.2, 0.25) is 11.8 Å². The molecular weight excluding hydrogens is 304 g/mol. The molecule has 1 atom stereocenters. The van der Waals surface area contributed by atoms with E-state index in [9.17, 15) is 9.59 Å².